The second-order valence-electron chi connectivity index (χ2n) is 8.81. The van der Waals surface area contributed by atoms with E-state index in [0.29, 0.717) is 17.5 Å². The lowest BCUT2D eigenvalue weighted by Gasteiger charge is -2.22. The number of rotatable bonds is 9. The van der Waals surface area contributed by atoms with Crippen molar-refractivity contribution in [1.29, 1.82) is 0 Å². The van der Waals surface area contributed by atoms with E-state index in [-0.39, 0.29) is 30.0 Å². The maximum absolute atomic E-state index is 12.9. The molecule has 2 aromatic carbocycles. The lowest BCUT2D eigenvalue weighted by Crippen LogP contribution is -2.35. The average molecular weight is 467 g/mol. The molecule has 9 heteroatoms. The van der Waals surface area contributed by atoms with Gasteiger partial charge in [-0.3, -0.25) is 9.59 Å². The molecule has 0 aliphatic heterocycles. The Kier molecular flexibility index (Phi) is 7.75. The number of carbonyl (C=O) groups is 2. The lowest BCUT2D eigenvalue weighted by molar-refractivity contribution is -0.129. The third-order valence-electron chi connectivity index (χ3n) is 5.20. The number of hydrogen-bond donors (Lipinski definition) is 2. The largest absolute Gasteiger partial charge is 0.370 e. The van der Waals surface area contributed by atoms with Gasteiger partial charge in [-0.05, 0) is 16.5 Å². The second kappa shape index (κ2) is 10.5. The molecular weight excluding hydrogens is 436 g/mol. The van der Waals surface area contributed by atoms with Crippen LogP contribution in [0.5, 0.6) is 0 Å². The molecule has 0 spiro atoms. The number of hydrogen-bond acceptors (Lipinski definition) is 6. The fraction of sp³-hybridized carbons (Fsp3) is 0.333. The van der Waals surface area contributed by atoms with Crippen molar-refractivity contribution in [1.82, 2.24) is 19.8 Å². The number of primary amides is 1. The molecule has 174 valence electrons. The summed E-state index contributed by atoms with van der Waals surface area (Å²) in [6.45, 7) is 7.12. The molecule has 1 aromatic heterocycles. The van der Waals surface area contributed by atoms with E-state index >= 15 is 0 Å². The van der Waals surface area contributed by atoms with Gasteiger partial charge in [-0.25, -0.2) is 4.68 Å². The predicted octanol–water partition coefficient (Wildman–Crippen LogP) is 2.95. The van der Waals surface area contributed by atoms with Crippen molar-refractivity contribution in [2.45, 2.75) is 44.3 Å². The Morgan fingerprint density at radius 3 is 2.30 bits per heavy atom. The van der Waals surface area contributed by atoms with E-state index in [1.807, 2.05) is 42.5 Å². The van der Waals surface area contributed by atoms with Gasteiger partial charge in [0, 0.05) is 25.1 Å². The number of nitrogens with two attached hydrogens (primary N) is 2. The van der Waals surface area contributed by atoms with Crippen molar-refractivity contribution in [3.63, 3.8) is 0 Å². The van der Waals surface area contributed by atoms with Gasteiger partial charge in [0.15, 0.2) is 5.82 Å². The smallest absolute Gasteiger partial charge is 0.233 e. The molecule has 0 aliphatic rings. The number of carbonyl (C=O) groups excluding carboxylic acids is 2. The molecule has 0 saturated carbocycles. The first-order chi connectivity index (χ1) is 15.6. The van der Waals surface area contributed by atoms with Gasteiger partial charge in [-0.1, -0.05) is 87.1 Å². The van der Waals surface area contributed by atoms with Crippen LogP contribution < -0.4 is 11.6 Å². The number of amides is 2. The van der Waals surface area contributed by atoms with Crippen LogP contribution in [0, 0.1) is 0 Å². The molecule has 0 fully saturated rings. The standard InChI is InChI=1S/C24H30N6O2S/c1-24(2,3)19-11-9-18(10-12-19)22-27-28-23(30(22)26)33-16-21(32)29(14-13-20(25)31)15-17-7-5-4-6-8-17/h4-12H,13-16,26H2,1-3H3,(H2,25,31). The summed E-state index contributed by atoms with van der Waals surface area (Å²) >= 11 is 1.21. The first-order valence-electron chi connectivity index (χ1n) is 10.7. The van der Waals surface area contributed by atoms with E-state index in [9.17, 15) is 9.59 Å². The third kappa shape index (κ3) is 6.58. The molecule has 0 unspecified atom stereocenters. The molecule has 33 heavy (non-hydrogen) atoms. The second-order valence-corrected chi connectivity index (χ2v) is 9.75. The van der Waals surface area contributed by atoms with Crippen LogP contribution >= 0.6 is 11.8 Å². The van der Waals surface area contributed by atoms with E-state index in [4.69, 9.17) is 11.6 Å². The Hall–Kier alpha value is -3.33. The first kappa shape index (κ1) is 24.3. The van der Waals surface area contributed by atoms with Crippen LogP contribution in [-0.4, -0.2) is 43.9 Å². The summed E-state index contributed by atoms with van der Waals surface area (Å²) in [4.78, 5) is 25.8. The van der Waals surface area contributed by atoms with Gasteiger partial charge in [0.05, 0.1) is 5.75 Å². The quantitative estimate of drug-likeness (QED) is 0.369. The maximum atomic E-state index is 12.9. The predicted molar refractivity (Wildman–Crippen MR) is 131 cm³/mol. The Morgan fingerprint density at radius 1 is 1.03 bits per heavy atom. The Bertz CT molecular complexity index is 1090. The molecule has 0 atom stereocenters. The van der Waals surface area contributed by atoms with Crippen molar-refractivity contribution in [2.24, 2.45) is 5.73 Å². The topological polar surface area (TPSA) is 120 Å². The highest BCUT2D eigenvalue weighted by molar-refractivity contribution is 7.99. The van der Waals surface area contributed by atoms with E-state index in [0.717, 1.165) is 11.1 Å². The molecule has 0 saturated heterocycles. The average Bonchev–Trinajstić information content (AvgIpc) is 3.15. The molecule has 1 heterocycles. The van der Waals surface area contributed by atoms with Gasteiger partial charge in [0.25, 0.3) is 0 Å². The normalized spacial score (nSPS) is 11.4. The molecule has 4 N–H and O–H groups in total. The molecular formula is C24H30N6O2S. The molecule has 3 rings (SSSR count). The van der Waals surface area contributed by atoms with Crippen LogP contribution in [0.4, 0.5) is 0 Å². The van der Waals surface area contributed by atoms with E-state index in [1.165, 1.54) is 22.0 Å². The summed E-state index contributed by atoms with van der Waals surface area (Å²) in [6, 6.07) is 17.7. The first-order valence-corrected chi connectivity index (χ1v) is 11.7. The minimum atomic E-state index is -0.447. The van der Waals surface area contributed by atoms with E-state index < -0.39 is 5.91 Å². The van der Waals surface area contributed by atoms with Crippen molar-refractivity contribution in [2.75, 3.05) is 18.1 Å². The summed E-state index contributed by atoms with van der Waals surface area (Å²) in [7, 11) is 0. The van der Waals surface area contributed by atoms with Crippen molar-refractivity contribution in [3.8, 4) is 11.4 Å². The van der Waals surface area contributed by atoms with Crippen LogP contribution in [0.25, 0.3) is 11.4 Å². The van der Waals surface area contributed by atoms with E-state index in [1.54, 1.807) is 4.90 Å². The van der Waals surface area contributed by atoms with Crippen molar-refractivity contribution >= 4 is 23.6 Å². The van der Waals surface area contributed by atoms with E-state index in [2.05, 4.69) is 43.1 Å². The zero-order valence-electron chi connectivity index (χ0n) is 19.2. The van der Waals surface area contributed by atoms with Crippen LogP contribution in [-0.2, 0) is 21.5 Å². The fourth-order valence-electron chi connectivity index (χ4n) is 3.25. The Morgan fingerprint density at radius 2 is 1.70 bits per heavy atom. The van der Waals surface area contributed by atoms with Crippen LogP contribution in [0.15, 0.2) is 59.8 Å². The molecule has 0 radical (unpaired) electrons. The summed E-state index contributed by atoms with van der Waals surface area (Å²) in [5.41, 5.74) is 8.38. The van der Waals surface area contributed by atoms with Crippen LogP contribution in [0.3, 0.4) is 0 Å². The highest BCUT2D eigenvalue weighted by Gasteiger charge is 2.19. The third-order valence-corrected chi connectivity index (χ3v) is 6.12. The minimum Gasteiger partial charge on any atom is -0.370 e. The number of thioether (sulfide) groups is 1. The summed E-state index contributed by atoms with van der Waals surface area (Å²) < 4.78 is 1.40. The highest BCUT2D eigenvalue weighted by atomic mass is 32.2. The number of nitrogen functional groups attached to an aromatic ring is 1. The minimum absolute atomic E-state index is 0.0520. The van der Waals surface area contributed by atoms with Gasteiger partial charge < -0.3 is 16.5 Å². The fourth-order valence-corrected chi connectivity index (χ4v) is 4.01. The molecule has 2 amide bonds. The van der Waals surface area contributed by atoms with Gasteiger partial charge in [-0.2, -0.15) is 0 Å². The summed E-state index contributed by atoms with van der Waals surface area (Å²) in [6.07, 6.45) is 0.102. The maximum Gasteiger partial charge on any atom is 0.233 e. The van der Waals surface area contributed by atoms with Crippen molar-refractivity contribution in [3.05, 3.63) is 65.7 Å². The van der Waals surface area contributed by atoms with Crippen LogP contribution in [0.2, 0.25) is 0 Å². The summed E-state index contributed by atoms with van der Waals surface area (Å²) in [5.74, 6) is 6.29. The van der Waals surface area contributed by atoms with Gasteiger partial charge in [0.1, 0.15) is 0 Å². The number of nitrogens with zero attached hydrogens (tertiary/aromatic N) is 4. The highest BCUT2D eigenvalue weighted by Crippen LogP contribution is 2.26. The molecule has 0 bridgehead atoms. The molecule has 3 aromatic rings. The molecule has 0 aliphatic carbocycles. The Labute approximate surface area is 198 Å². The SMILES string of the molecule is CC(C)(C)c1ccc(-c2nnc(SCC(=O)N(CCC(N)=O)Cc3ccccc3)n2N)cc1. The van der Waals surface area contributed by atoms with Gasteiger partial charge >= 0.3 is 0 Å². The monoisotopic (exact) mass is 466 g/mol. The number of benzene rings is 2. The van der Waals surface area contributed by atoms with Gasteiger partial charge in [-0.15, -0.1) is 10.2 Å². The van der Waals surface area contributed by atoms with Crippen molar-refractivity contribution < 1.29 is 9.59 Å². The number of aromatic nitrogens is 3. The zero-order valence-corrected chi connectivity index (χ0v) is 20.0. The zero-order chi connectivity index (χ0) is 24.0. The lowest BCUT2D eigenvalue weighted by atomic mass is 9.87. The Balaban J connectivity index is 1.68. The molecule has 8 nitrogen and oxygen atoms in total. The van der Waals surface area contributed by atoms with Crippen LogP contribution in [0.1, 0.15) is 38.3 Å². The summed E-state index contributed by atoms with van der Waals surface area (Å²) in [5, 5.41) is 8.81. The van der Waals surface area contributed by atoms with Gasteiger partial charge in [0.2, 0.25) is 17.0 Å².